The highest BCUT2D eigenvalue weighted by Gasteiger charge is 2.16. The highest BCUT2D eigenvalue weighted by Crippen LogP contribution is 2.26. The van der Waals surface area contributed by atoms with E-state index in [1.165, 1.54) is 6.07 Å². The van der Waals surface area contributed by atoms with Crippen molar-refractivity contribution in [1.82, 2.24) is 9.29 Å². The van der Waals surface area contributed by atoms with Gasteiger partial charge in [-0.3, -0.25) is 9.36 Å². The Morgan fingerprint density at radius 2 is 1.93 bits per heavy atom. The van der Waals surface area contributed by atoms with Gasteiger partial charge >= 0.3 is 4.87 Å². The van der Waals surface area contributed by atoms with Crippen LogP contribution in [0.15, 0.2) is 52.2 Å². The number of rotatable bonds is 8. The molecule has 0 saturated carbocycles. The zero-order chi connectivity index (χ0) is 20.3. The molecule has 0 aliphatic carbocycles. The average molecular weight is 421 g/mol. The van der Waals surface area contributed by atoms with Gasteiger partial charge in [0.2, 0.25) is 10.0 Å². The lowest BCUT2D eigenvalue weighted by Crippen LogP contribution is -2.28. The van der Waals surface area contributed by atoms with Crippen LogP contribution in [0.4, 0.5) is 0 Å². The molecule has 0 aliphatic rings. The first-order valence-corrected chi connectivity index (χ1v) is 11.5. The Kier molecular flexibility index (Phi) is 6.22. The Morgan fingerprint density at radius 3 is 2.64 bits per heavy atom. The lowest BCUT2D eigenvalue weighted by molar-refractivity contribution is 0.318. The summed E-state index contributed by atoms with van der Waals surface area (Å²) in [5.74, 6) is 1.09. The molecule has 0 radical (unpaired) electrons. The van der Waals surface area contributed by atoms with E-state index < -0.39 is 10.0 Å². The monoisotopic (exact) mass is 420 g/mol. The van der Waals surface area contributed by atoms with E-state index in [-0.39, 0.29) is 22.9 Å². The van der Waals surface area contributed by atoms with Gasteiger partial charge in [-0.2, -0.15) is 0 Å². The SMILES string of the molecule is CCn1c(=O)sc2cc(S(=O)(=O)NCCOc3ccccc3C(C)C)ccc21. The van der Waals surface area contributed by atoms with Gasteiger partial charge in [-0.15, -0.1) is 0 Å². The molecule has 0 fully saturated rings. The number of hydrogen-bond acceptors (Lipinski definition) is 5. The smallest absolute Gasteiger partial charge is 0.308 e. The number of sulfonamides is 1. The number of aromatic nitrogens is 1. The van der Waals surface area contributed by atoms with E-state index in [1.807, 2.05) is 31.2 Å². The van der Waals surface area contributed by atoms with Crippen molar-refractivity contribution < 1.29 is 13.2 Å². The Labute approximate surface area is 168 Å². The van der Waals surface area contributed by atoms with Gasteiger partial charge in [-0.05, 0) is 42.7 Å². The van der Waals surface area contributed by atoms with E-state index in [0.717, 1.165) is 28.2 Å². The predicted octanol–water partition coefficient (Wildman–Crippen LogP) is 3.56. The lowest BCUT2D eigenvalue weighted by Gasteiger charge is -2.14. The second kappa shape index (κ2) is 8.46. The maximum atomic E-state index is 12.6. The minimum absolute atomic E-state index is 0.0859. The molecule has 1 N–H and O–H groups in total. The third-order valence-electron chi connectivity index (χ3n) is 4.46. The fourth-order valence-corrected chi connectivity index (χ4v) is 5.13. The van der Waals surface area contributed by atoms with E-state index in [2.05, 4.69) is 18.6 Å². The standard InChI is InChI=1S/C20H24N2O4S2/c1-4-22-17-10-9-15(13-19(17)27-20(22)23)28(24,25)21-11-12-26-18-8-6-5-7-16(18)14(2)3/h5-10,13-14,21H,4,11-12H2,1-3H3. The quantitative estimate of drug-likeness (QED) is 0.565. The number of nitrogens with zero attached hydrogens (tertiary/aromatic N) is 1. The molecule has 0 amide bonds. The fourth-order valence-electron chi connectivity index (χ4n) is 3.02. The molecule has 1 aromatic heterocycles. The Hall–Kier alpha value is -2.16. The Morgan fingerprint density at radius 1 is 1.18 bits per heavy atom. The van der Waals surface area contributed by atoms with E-state index in [1.54, 1.807) is 16.7 Å². The second-order valence-electron chi connectivity index (χ2n) is 6.68. The van der Waals surface area contributed by atoms with Crippen LogP contribution in [0.25, 0.3) is 10.2 Å². The molecule has 0 bridgehead atoms. The van der Waals surface area contributed by atoms with Gasteiger partial charge in [0.25, 0.3) is 0 Å². The van der Waals surface area contributed by atoms with E-state index in [9.17, 15) is 13.2 Å². The highest BCUT2D eigenvalue weighted by atomic mass is 32.2. The van der Waals surface area contributed by atoms with E-state index in [4.69, 9.17) is 4.74 Å². The number of para-hydroxylation sites is 1. The summed E-state index contributed by atoms with van der Waals surface area (Å²) in [6, 6.07) is 12.5. The topological polar surface area (TPSA) is 77.4 Å². The minimum Gasteiger partial charge on any atom is -0.492 e. The number of thiazole rings is 1. The lowest BCUT2D eigenvalue weighted by atomic mass is 10.0. The molecular weight excluding hydrogens is 396 g/mol. The third-order valence-corrected chi connectivity index (χ3v) is 6.86. The van der Waals surface area contributed by atoms with Crippen LogP contribution < -0.4 is 14.3 Å². The molecule has 6 nitrogen and oxygen atoms in total. The molecule has 3 aromatic rings. The first-order chi connectivity index (χ1) is 13.3. The molecule has 0 saturated heterocycles. The summed E-state index contributed by atoms with van der Waals surface area (Å²) in [5, 5.41) is 0. The van der Waals surface area contributed by atoms with Gasteiger partial charge in [-0.25, -0.2) is 13.1 Å². The van der Waals surface area contributed by atoms with Crippen molar-refractivity contribution in [3.8, 4) is 5.75 Å². The first kappa shape index (κ1) is 20.6. The molecule has 150 valence electrons. The third kappa shape index (κ3) is 4.29. The summed E-state index contributed by atoms with van der Waals surface area (Å²) in [6.45, 7) is 6.99. The zero-order valence-electron chi connectivity index (χ0n) is 16.1. The molecular formula is C20H24N2O4S2. The molecule has 0 unspecified atom stereocenters. The van der Waals surface area contributed by atoms with Gasteiger partial charge in [0, 0.05) is 13.1 Å². The number of nitrogens with one attached hydrogen (secondary N) is 1. The van der Waals surface area contributed by atoms with Crippen molar-refractivity contribution in [2.24, 2.45) is 0 Å². The number of aryl methyl sites for hydroxylation is 1. The first-order valence-electron chi connectivity index (χ1n) is 9.18. The van der Waals surface area contributed by atoms with Crippen LogP contribution >= 0.6 is 11.3 Å². The number of ether oxygens (including phenoxy) is 1. The van der Waals surface area contributed by atoms with Crippen LogP contribution in [0.1, 0.15) is 32.3 Å². The normalized spacial score (nSPS) is 12.0. The minimum atomic E-state index is -3.68. The van der Waals surface area contributed by atoms with Crippen molar-refractivity contribution in [3.63, 3.8) is 0 Å². The summed E-state index contributed by atoms with van der Waals surface area (Å²) in [6.07, 6.45) is 0. The summed E-state index contributed by atoms with van der Waals surface area (Å²) < 4.78 is 35.8. The van der Waals surface area contributed by atoms with Gasteiger partial charge in [0.1, 0.15) is 12.4 Å². The molecule has 1 heterocycles. The maximum Gasteiger partial charge on any atom is 0.308 e. The van der Waals surface area contributed by atoms with Gasteiger partial charge in [-0.1, -0.05) is 43.4 Å². The van der Waals surface area contributed by atoms with Crippen LogP contribution in [0.5, 0.6) is 5.75 Å². The van der Waals surface area contributed by atoms with Crippen LogP contribution in [0.2, 0.25) is 0 Å². The van der Waals surface area contributed by atoms with Crippen molar-refractivity contribution in [2.45, 2.75) is 38.1 Å². The van der Waals surface area contributed by atoms with Gasteiger partial charge in [0.15, 0.2) is 0 Å². The average Bonchev–Trinajstić information content (AvgIpc) is 2.99. The Bertz CT molecular complexity index is 1130. The number of hydrogen-bond donors (Lipinski definition) is 1. The van der Waals surface area contributed by atoms with Gasteiger partial charge in [0.05, 0.1) is 15.1 Å². The molecule has 8 heteroatoms. The Balaban J connectivity index is 1.68. The van der Waals surface area contributed by atoms with Crippen LogP contribution in [-0.4, -0.2) is 26.1 Å². The summed E-state index contributed by atoms with van der Waals surface area (Å²) in [7, 11) is -3.68. The van der Waals surface area contributed by atoms with Crippen molar-refractivity contribution in [3.05, 3.63) is 57.7 Å². The van der Waals surface area contributed by atoms with Gasteiger partial charge < -0.3 is 4.74 Å². The molecule has 0 spiro atoms. The van der Waals surface area contributed by atoms with Crippen LogP contribution in [-0.2, 0) is 16.6 Å². The summed E-state index contributed by atoms with van der Waals surface area (Å²) in [4.78, 5) is 12.0. The van der Waals surface area contributed by atoms with E-state index in [0.29, 0.717) is 17.2 Å². The number of fused-ring (bicyclic) bond motifs is 1. The largest absolute Gasteiger partial charge is 0.492 e. The van der Waals surface area contributed by atoms with Crippen molar-refractivity contribution in [1.29, 1.82) is 0 Å². The molecule has 2 aromatic carbocycles. The van der Waals surface area contributed by atoms with Crippen molar-refractivity contribution in [2.75, 3.05) is 13.2 Å². The van der Waals surface area contributed by atoms with Crippen LogP contribution in [0, 0.1) is 0 Å². The summed E-state index contributed by atoms with van der Waals surface area (Å²) in [5.41, 5.74) is 1.84. The molecule has 0 atom stereocenters. The fraction of sp³-hybridized carbons (Fsp3) is 0.350. The molecule has 28 heavy (non-hydrogen) atoms. The molecule has 3 rings (SSSR count). The predicted molar refractivity (Wildman–Crippen MR) is 113 cm³/mol. The second-order valence-corrected chi connectivity index (χ2v) is 9.44. The van der Waals surface area contributed by atoms with Crippen molar-refractivity contribution >= 4 is 31.6 Å². The molecule has 0 aliphatic heterocycles. The van der Waals surface area contributed by atoms with Crippen LogP contribution in [0.3, 0.4) is 0 Å². The highest BCUT2D eigenvalue weighted by molar-refractivity contribution is 7.89. The summed E-state index contributed by atoms with van der Waals surface area (Å²) >= 11 is 1.05. The maximum absolute atomic E-state index is 12.6. The zero-order valence-corrected chi connectivity index (χ0v) is 17.8. The number of benzene rings is 2. The van der Waals surface area contributed by atoms with E-state index >= 15 is 0 Å².